The van der Waals surface area contributed by atoms with E-state index in [9.17, 15) is 58.1 Å². The lowest BCUT2D eigenvalue weighted by atomic mass is 9.92. The second-order valence-corrected chi connectivity index (χ2v) is 17.0. The number of nitrogen functional groups attached to an aromatic ring is 1. The summed E-state index contributed by atoms with van der Waals surface area (Å²) in [5, 5.41) is 21.0. The van der Waals surface area contributed by atoms with Gasteiger partial charge in [-0.05, 0) is 103 Å². The number of fused-ring (bicyclic) bond motifs is 1. The minimum absolute atomic E-state index is 0.00713. The van der Waals surface area contributed by atoms with Crippen molar-refractivity contribution in [2.75, 3.05) is 21.9 Å². The molecule has 0 radical (unpaired) electrons. The zero-order valence-corrected chi connectivity index (χ0v) is 33.8. The van der Waals surface area contributed by atoms with Gasteiger partial charge in [0.15, 0.2) is 11.5 Å². The Morgan fingerprint density at radius 1 is 0.677 bits per heavy atom. The quantitative estimate of drug-likeness (QED) is 0.0324. The number of ketones is 2. The fraction of sp³-hybridized carbons (Fsp3) is 0.0270. The minimum Gasteiger partial charge on any atom is -0.396 e. The Bertz CT molecular complexity index is 3110. The monoisotopic (exact) mass is 903 g/mol. The standard InChI is InChI=1S/C37H29N9O13S3/c1-19(47)39-29-18-26(48)12-15-28(29)44-41-24-8-6-22(7-9-24)40-37(50)20-2-4-23(5-3-20)42-45-34-30(61(54,55)56)16-21-17-31(62(57,58)59)35(36(49)32(21)33(34)38)46-43-25-10-13-27(14-11-25)60(51,52)53/h2-18,41,43H,38H2,1H3,(H,39,47)(H,40,50)(H,51,52,53)(H,54,55,56)(H,57,58,59). The topological polar surface area (TPSA) is 355 Å². The largest absolute Gasteiger partial charge is 0.396 e. The van der Waals surface area contributed by atoms with Crippen LogP contribution < -0.4 is 27.2 Å². The van der Waals surface area contributed by atoms with E-state index in [4.69, 9.17) is 5.73 Å². The Kier molecular flexibility index (Phi) is 12.2. The number of allylic oxidation sites excluding steroid dienone is 4. The zero-order valence-electron chi connectivity index (χ0n) is 31.3. The molecule has 2 amide bonds. The third-order valence-electron chi connectivity index (χ3n) is 8.42. The van der Waals surface area contributed by atoms with E-state index in [-0.39, 0.29) is 34.3 Å². The van der Waals surface area contributed by atoms with Gasteiger partial charge in [-0.15, -0.1) is 5.11 Å². The number of nitrogens with zero attached hydrogens (tertiary/aromatic N) is 4. The van der Waals surface area contributed by atoms with Crippen molar-refractivity contribution in [3.8, 4) is 0 Å². The first-order valence-electron chi connectivity index (χ1n) is 17.2. The molecule has 22 nitrogen and oxygen atoms in total. The summed E-state index contributed by atoms with van der Waals surface area (Å²) in [5.74, 6) is -2.50. The molecular formula is C37H29N9O13S3. The predicted octanol–water partition coefficient (Wildman–Crippen LogP) is 4.25. The van der Waals surface area contributed by atoms with Crippen LogP contribution in [0.1, 0.15) is 33.2 Å². The molecule has 0 spiro atoms. The van der Waals surface area contributed by atoms with Crippen LogP contribution >= 0.6 is 0 Å². The number of azo groups is 1. The average molecular weight is 904 g/mol. The maximum Gasteiger partial charge on any atom is 0.296 e. The third-order valence-corrected chi connectivity index (χ3v) is 11.0. The molecule has 62 heavy (non-hydrogen) atoms. The van der Waals surface area contributed by atoms with E-state index in [0.29, 0.717) is 29.2 Å². The third kappa shape index (κ3) is 10.2. The number of benzene rings is 4. The molecule has 0 fully saturated rings. The molecule has 9 N–H and O–H groups in total. The molecule has 0 saturated carbocycles. The molecular weight excluding hydrogens is 875 g/mol. The summed E-state index contributed by atoms with van der Waals surface area (Å²) >= 11 is 0. The lowest BCUT2D eigenvalue weighted by Crippen LogP contribution is -2.28. The van der Waals surface area contributed by atoms with Crippen molar-refractivity contribution in [1.82, 2.24) is 5.32 Å². The Morgan fingerprint density at radius 3 is 1.85 bits per heavy atom. The van der Waals surface area contributed by atoms with E-state index in [1.165, 1.54) is 49.4 Å². The number of anilines is 4. The zero-order chi connectivity index (χ0) is 45.1. The molecule has 2 aliphatic rings. The molecule has 0 unspecified atom stereocenters. The van der Waals surface area contributed by atoms with Crippen molar-refractivity contribution in [1.29, 1.82) is 0 Å². The molecule has 0 heterocycles. The lowest BCUT2D eigenvalue weighted by Gasteiger charge is -2.20. The number of nitrogens with one attached hydrogen (secondary N) is 4. The Labute approximate surface area is 351 Å². The highest BCUT2D eigenvalue weighted by molar-refractivity contribution is 7.91. The first kappa shape index (κ1) is 44.0. The van der Waals surface area contributed by atoms with Crippen molar-refractivity contribution in [3.63, 3.8) is 0 Å². The fourth-order valence-corrected chi connectivity index (χ4v) is 7.38. The van der Waals surface area contributed by atoms with Gasteiger partial charge in [0.2, 0.25) is 11.7 Å². The molecule has 2 aliphatic carbocycles. The Morgan fingerprint density at radius 2 is 1.27 bits per heavy atom. The summed E-state index contributed by atoms with van der Waals surface area (Å²) in [6.07, 6.45) is 4.63. The fourth-order valence-electron chi connectivity index (χ4n) is 5.57. The number of amides is 2. The molecule has 0 atom stereocenters. The molecule has 0 aliphatic heterocycles. The van der Waals surface area contributed by atoms with Gasteiger partial charge in [0.1, 0.15) is 21.2 Å². The number of Topliss-reactive ketones (excluding diaryl/α,β-unsaturated/α-hetero) is 1. The Balaban J connectivity index is 1.21. The van der Waals surface area contributed by atoms with Crippen molar-refractivity contribution in [2.24, 2.45) is 20.4 Å². The van der Waals surface area contributed by atoms with Gasteiger partial charge in [0.05, 0.1) is 38.9 Å². The highest BCUT2D eigenvalue weighted by Crippen LogP contribution is 2.41. The van der Waals surface area contributed by atoms with Crippen LogP contribution in [0.5, 0.6) is 0 Å². The van der Waals surface area contributed by atoms with Crippen LogP contribution in [0.2, 0.25) is 0 Å². The van der Waals surface area contributed by atoms with Crippen molar-refractivity contribution >= 4 is 105 Å². The second kappa shape index (κ2) is 17.2. The van der Waals surface area contributed by atoms with Gasteiger partial charge in [-0.3, -0.25) is 43.7 Å². The summed E-state index contributed by atoms with van der Waals surface area (Å²) in [5.41, 5.74) is 9.57. The maximum absolute atomic E-state index is 13.7. The van der Waals surface area contributed by atoms with Gasteiger partial charge in [-0.2, -0.15) is 40.6 Å². The number of carbonyl (C=O) groups excluding carboxylic acids is 4. The normalized spacial score (nSPS) is 15.5. The van der Waals surface area contributed by atoms with E-state index < -0.39 is 85.0 Å². The van der Waals surface area contributed by atoms with E-state index in [2.05, 4.69) is 41.9 Å². The second-order valence-electron chi connectivity index (χ2n) is 12.8. The van der Waals surface area contributed by atoms with Crippen LogP contribution in [0, 0.1) is 0 Å². The average Bonchev–Trinajstić information content (AvgIpc) is 3.19. The van der Waals surface area contributed by atoms with Crippen LogP contribution in [0.25, 0.3) is 6.08 Å². The number of hydrogen-bond acceptors (Lipinski definition) is 17. The van der Waals surface area contributed by atoms with Crippen molar-refractivity contribution < 1.29 is 58.1 Å². The highest BCUT2D eigenvalue weighted by atomic mass is 32.2. The predicted molar refractivity (Wildman–Crippen MR) is 224 cm³/mol. The summed E-state index contributed by atoms with van der Waals surface area (Å²) < 4.78 is 102. The number of rotatable bonds is 12. The van der Waals surface area contributed by atoms with Crippen LogP contribution in [0.4, 0.5) is 34.1 Å². The number of hydrogen-bond donors (Lipinski definition) is 8. The van der Waals surface area contributed by atoms with Crippen LogP contribution in [-0.2, 0) is 39.9 Å². The Hall–Kier alpha value is -7.55. The van der Waals surface area contributed by atoms with Gasteiger partial charge < -0.3 is 16.4 Å². The van der Waals surface area contributed by atoms with Crippen LogP contribution in [-0.4, -0.2) is 73.7 Å². The molecule has 25 heteroatoms. The SMILES string of the molecule is CC(=O)NC1=CC(=O)C=CC1=NNc1ccc(NC(=O)c2ccc(N=Nc3c(S(=O)(=O)O)cc4c(c3N)C(=O)C(=NNc3ccc(S(=O)(=O)O)cc3)C(S(=O)(=O)O)=C4)cc2)cc1. The van der Waals surface area contributed by atoms with Gasteiger partial charge in [0.25, 0.3) is 36.3 Å². The minimum atomic E-state index is -5.23. The van der Waals surface area contributed by atoms with Gasteiger partial charge in [-0.25, -0.2) is 0 Å². The highest BCUT2D eigenvalue weighted by Gasteiger charge is 2.37. The van der Waals surface area contributed by atoms with Gasteiger partial charge >= 0.3 is 0 Å². The summed E-state index contributed by atoms with van der Waals surface area (Å²) in [7, 11) is -15.0. The number of nitrogens with two attached hydrogens (primary N) is 1. The van der Waals surface area contributed by atoms with E-state index in [1.807, 2.05) is 0 Å². The smallest absolute Gasteiger partial charge is 0.296 e. The molecule has 0 aromatic heterocycles. The first-order chi connectivity index (χ1) is 29.1. The molecule has 318 valence electrons. The molecule has 6 rings (SSSR count). The van der Waals surface area contributed by atoms with Gasteiger partial charge in [-0.1, -0.05) is 0 Å². The molecule has 4 aromatic carbocycles. The van der Waals surface area contributed by atoms with E-state index in [1.54, 1.807) is 24.3 Å². The lowest BCUT2D eigenvalue weighted by molar-refractivity contribution is -0.118. The summed E-state index contributed by atoms with van der Waals surface area (Å²) in [4.78, 5) is 47.4. The molecule has 4 aromatic rings. The van der Waals surface area contributed by atoms with E-state index >= 15 is 0 Å². The maximum atomic E-state index is 13.7. The molecule has 0 bridgehead atoms. The van der Waals surface area contributed by atoms with E-state index in [0.717, 1.165) is 24.3 Å². The van der Waals surface area contributed by atoms with Crippen molar-refractivity contribution in [3.05, 3.63) is 124 Å². The number of carbonyl (C=O) groups is 4. The van der Waals surface area contributed by atoms with Gasteiger partial charge in [0, 0.05) is 24.3 Å². The van der Waals surface area contributed by atoms with Crippen LogP contribution in [0.3, 0.4) is 0 Å². The summed E-state index contributed by atoms with van der Waals surface area (Å²) in [6.45, 7) is 1.29. The number of hydrazone groups is 2. The summed E-state index contributed by atoms with van der Waals surface area (Å²) in [6, 6.07) is 16.6. The van der Waals surface area contributed by atoms with Crippen LogP contribution in [0.15, 0.2) is 138 Å². The molecule has 0 saturated heterocycles. The first-order valence-corrected chi connectivity index (χ1v) is 21.5. The van der Waals surface area contributed by atoms with Crippen molar-refractivity contribution in [2.45, 2.75) is 16.7 Å².